The maximum Gasteiger partial charge on any atom is 0.252 e. The molecule has 0 saturated carbocycles. The van der Waals surface area contributed by atoms with Gasteiger partial charge in [0, 0.05) is 11.5 Å². The Hall–Kier alpha value is -2.29. The fraction of sp³-hybridized carbons (Fsp3) is 0. The molecule has 78 valence electrons. The van der Waals surface area contributed by atoms with Gasteiger partial charge >= 0.3 is 0 Å². The summed E-state index contributed by atoms with van der Waals surface area (Å²) in [4.78, 5) is 13.9. The van der Waals surface area contributed by atoms with E-state index in [1.54, 1.807) is 6.07 Å². The van der Waals surface area contributed by atoms with Crippen molar-refractivity contribution in [3.05, 3.63) is 52.8 Å². The van der Waals surface area contributed by atoms with Gasteiger partial charge in [0.1, 0.15) is 5.75 Å². The molecule has 2 aromatic carbocycles. The third-order valence-electron chi connectivity index (χ3n) is 2.71. The zero-order valence-corrected chi connectivity index (χ0v) is 8.40. The lowest BCUT2D eigenvalue weighted by molar-refractivity contribution is 0.481. The Balaban J connectivity index is 2.65. The summed E-state index contributed by atoms with van der Waals surface area (Å²) in [7, 11) is 0. The number of hydrogen-bond acceptors (Lipinski definition) is 2. The second kappa shape index (κ2) is 3.10. The molecule has 0 amide bonds. The number of aromatic hydroxyl groups is 1. The quantitative estimate of drug-likeness (QED) is 0.561. The fourth-order valence-electron chi connectivity index (χ4n) is 2.02. The molecule has 1 aromatic heterocycles. The van der Waals surface area contributed by atoms with Crippen LogP contribution >= 0.6 is 0 Å². The standard InChI is InChI=1S/C13H9NO2/c15-11-7-12(16)14-10-6-5-8-3-1-2-4-9(8)13(10)11/h1-7H,(H2,14,15,16). The molecule has 0 unspecified atom stereocenters. The minimum absolute atomic E-state index is 0.0237. The van der Waals surface area contributed by atoms with Crippen molar-refractivity contribution in [3.63, 3.8) is 0 Å². The van der Waals surface area contributed by atoms with E-state index in [4.69, 9.17) is 0 Å². The van der Waals surface area contributed by atoms with Crippen LogP contribution < -0.4 is 5.56 Å². The molecule has 16 heavy (non-hydrogen) atoms. The number of H-pyrrole nitrogens is 1. The van der Waals surface area contributed by atoms with Crippen molar-refractivity contribution in [2.24, 2.45) is 0 Å². The van der Waals surface area contributed by atoms with Gasteiger partial charge in [0.05, 0.1) is 5.52 Å². The second-order valence-corrected chi connectivity index (χ2v) is 3.73. The van der Waals surface area contributed by atoms with Crippen LogP contribution in [0.15, 0.2) is 47.3 Å². The highest BCUT2D eigenvalue weighted by atomic mass is 16.3. The minimum atomic E-state index is -0.291. The molecular weight excluding hydrogens is 202 g/mol. The lowest BCUT2D eigenvalue weighted by Gasteiger charge is -2.04. The van der Waals surface area contributed by atoms with Gasteiger partial charge in [-0.2, -0.15) is 0 Å². The molecule has 3 heteroatoms. The molecule has 3 rings (SSSR count). The number of aromatic nitrogens is 1. The van der Waals surface area contributed by atoms with Gasteiger partial charge in [-0.15, -0.1) is 0 Å². The zero-order valence-electron chi connectivity index (χ0n) is 8.40. The van der Waals surface area contributed by atoms with Gasteiger partial charge in [0.25, 0.3) is 5.56 Å². The average Bonchev–Trinajstić information content (AvgIpc) is 2.28. The Labute approximate surface area is 91.0 Å². The summed E-state index contributed by atoms with van der Waals surface area (Å²) in [5.41, 5.74) is 0.365. The van der Waals surface area contributed by atoms with Gasteiger partial charge in [0.15, 0.2) is 0 Å². The van der Waals surface area contributed by atoms with Crippen molar-refractivity contribution >= 4 is 21.7 Å². The van der Waals surface area contributed by atoms with Crippen molar-refractivity contribution in [1.29, 1.82) is 0 Å². The minimum Gasteiger partial charge on any atom is -0.507 e. The van der Waals surface area contributed by atoms with Gasteiger partial charge in [-0.3, -0.25) is 4.79 Å². The number of hydrogen-bond donors (Lipinski definition) is 2. The van der Waals surface area contributed by atoms with E-state index in [0.717, 1.165) is 10.8 Å². The highest BCUT2D eigenvalue weighted by molar-refractivity contribution is 6.08. The van der Waals surface area contributed by atoms with Gasteiger partial charge in [0.2, 0.25) is 0 Å². The van der Waals surface area contributed by atoms with E-state index in [1.165, 1.54) is 6.07 Å². The molecule has 3 nitrogen and oxygen atoms in total. The maximum atomic E-state index is 11.2. The summed E-state index contributed by atoms with van der Waals surface area (Å²) in [6.45, 7) is 0. The zero-order chi connectivity index (χ0) is 11.1. The monoisotopic (exact) mass is 211 g/mol. The van der Waals surface area contributed by atoms with Crippen LogP contribution in [0.25, 0.3) is 21.7 Å². The number of rotatable bonds is 0. The molecule has 0 aliphatic carbocycles. The normalized spacial score (nSPS) is 11.0. The van der Waals surface area contributed by atoms with Crippen LogP contribution in [-0.2, 0) is 0 Å². The molecule has 0 aliphatic rings. The molecule has 0 saturated heterocycles. The molecule has 0 fully saturated rings. The van der Waals surface area contributed by atoms with Crippen LogP contribution in [0, 0.1) is 0 Å². The van der Waals surface area contributed by atoms with E-state index in [2.05, 4.69) is 4.98 Å². The van der Waals surface area contributed by atoms with Gasteiger partial charge in [-0.05, 0) is 16.8 Å². The van der Waals surface area contributed by atoms with E-state index in [1.807, 2.05) is 30.3 Å². The Morgan fingerprint density at radius 2 is 1.88 bits per heavy atom. The van der Waals surface area contributed by atoms with E-state index in [-0.39, 0.29) is 11.3 Å². The SMILES string of the molecule is O=c1cc(O)c2c(ccc3ccccc32)[nH]1. The summed E-state index contributed by atoms with van der Waals surface area (Å²) < 4.78 is 0. The van der Waals surface area contributed by atoms with Crippen molar-refractivity contribution in [1.82, 2.24) is 4.98 Å². The predicted molar refractivity (Wildman–Crippen MR) is 63.7 cm³/mol. The van der Waals surface area contributed by atoms with E-state index < -0.39 is 0 Å². The summed E-state index contributed by atoms with van der Waals surface area (Å²) >= 11 is 0. The van der Waals surface area contributed by atoms with Crippen LogP contribution in [0.3, 0.4) is 0 Å². The number of benzene rings is 2. The van der Waals surface area contributed by atoms with Crippen molar-refractivity contribution in [2.45, 2.75) is 0 Å². The summed E-state index contributed by atoms with van der Waals surface area (Å²) in [5.74, 6) is 0.0237. The molecule has 3 aromatic rings. The van der Waals surface area contributed by atoms with E-state index >= 15 is 0 Å². The van der Waals surface area contributed by atoms with Gasteiger partial charge in [-0.25, -0.2) is 0 Å². The van der Waals surface area contributed by atoms with Crippen molar-refractivity contribution < 1.29 is 5.11 Å². The number of nitrogens with one attached hydrogen (secondary N) is 1. The molecule has 0 bridgehead atoms. The maximum absolute atomic E-state index is 11.2. The molecule has 0 aliphatic heterocycles. The Bertz CT molecular complexity index is 744. The summed E-state index contributed by atoms with van der Waals surface area (Å²) in [6.07, 6.45) is 0. The Morgan fingerprint density at radius 1 is 1.06 bits per heavy atom. The van der Waals surface area contributed by atoms with Crippen LogP contribution in [0.4, 0.5) is 0 Å². The van der Waals surface area contributed by atoms with E-state index in [9.17, 15) is 9.90 Å². The molecular formula is C13H9NO2. The van der Waals surface area contributed by atoms with Crippen LogP contribution in [0.1, 0.15) is 0 Å². The van der Waals surface area contributed by atoms with Gasteiger partial charge in [-0.1, -0.05) is 30.3 Å². The lowest BCUT2D eigenvalue weighted by Crippen LogP contribution is -2.02. The van der Waals surface area contributed by atoms with Crippen LogP contribution in [-0.4, -0.2) is 10.1 Å². The molecule has 2 N–H and O–H groups in total. The third kappa shape index (κ3) is 1.18. The summed E-state index contributed by atoms with van der Waals surface area (Å²) in [5, 5.41) is 12.5. The van der Waals surface area contributed by atoms with Crippen molar-refractivity contribution in [3.8, 4) is 5.75 Å². The first-order valence-electron chi connectivity index (χ1n) is 4.99. The van der Waals surface area contributed by atoms with Crippen LogP contribution in [0.2, 0.25) is 0 Å². The first-order valence-corrected chi connectivity index (χ1v) is 4.99. The third-order valence-corrected chi connectivity index (χ3v) is 2.71. The van der Waals surface area contributed by atoms with Crippen LogP contribution in [0.5, 0.6) is 5.75 Å². The number of fused-ring (bicyclic) bond motifs is 3. The average molecular weight is 211 g/mol. The van der Waals surface area contributed by atoms with Gasteiger partial charge < -0.3 is 10.1 Å². The number of aromatic amines is 1. The first-order chi connectivity index (χ1) is 7.75. The highest BCUT2D eigenvalue weighted by Gasteiger charge is 2.05. The smallest absolute Gasteiger partial charge is 0.252 e. The largest absolute Gasteiger partial charge is 0.507 e. The first kappa shape index (κ1) is 8.97. The van der Waals surface area contributed by atoms with Crippen molar-refractivity contribution in [2.75, 3.05) is 0 Å². The predicted octanol–water partition coefficient (Wildman–Crippen LogP) is 2.39. The Kier molecular flexibility index (Phi) is 1.74. The second-order valence-electron chi connectivity index (χ2n) is 3.73. The number of pyridine rings is 1. The Morgan fingerprint density at radius 3 is 2.75 bits per heavy atom. The summed E-state index contributed by atoms with van der Waals surface area (Å²) in [6, 6.07) is 12.7. The van der Waals surface area contributed by atoms with E-state index in [0.29, 0.717) is 10.9 Å². The molecule has 1 heterocycles. The fourth-order valence-corrected chi connectivity index (χ4v) is 2.02. The highest BCUT2D eigenvalue weighted by Crippen LogP contribution is 2.29. The molecule has 0 radical (unpaired) electrons. The lowest BCUT2D eigenvalue weighted by atomic mass is 10.0. The molecule has 0 atom stereocenters. The molecule has 0 spiro atoms. The topological polar surface area (TPSA) is 53.1 Å².